The van der Waals surface area contributed by atoms with Crippen molar-refractivity contribution in [3.8, 4) is 0 Å². The lowest BCUT2D eigenvalue weighted by atomic mass is 9.89. The largest absolute Gasteiger partial charge is 0.496 e. The first-order chi connectivity index (χ1) is 15.6. The maximum Gasteiger partial charge on any atom is 0.326 e. The molecule has 166 valence electrons. The van der Waals surface area contributed by atoms with Gasteiger partial charge in [0.25, 0.3) is 5.91 Å². The van der Waals surface area contributed by atoms with Gasteiger partial charge in [-0.1, -0.05) is 42.5 Å². The Morgan fingerprint density at radius 3 is 2.72 bits per heavy atom. The third-order valence-corrected chi connectivity index (χ3v) is 5.60. The maximum absolute atomic E-state index is 13.0. The van der Waals surface area contributed by atoms with E-state index in [2.05, 4.69) is 10.3 Å². The average Bonchev–Trinajstić information content (AvgIpc) is 2.82. The van der Waals surface area contributed by atoms with E-state index >= 15 is 0 Å². The number of nitrogens with zero attached hydrogens (tertiary/aromatic N) is 1. The van der Waals surface area contributed by atoms with E-state index in [4.69, 9.17) is 4.74 Å². The second-order valence-corrected chi connectivity index (χ2v) is 8.26. The molecule has 2 aromatic rings. The number of allylic oxidation sites excluding steroid dienone is 3. The molecule has 1 aliphatic rings. The fourth-order valence-corrected chi connectivity index (χ4v) is 3.77. The molecule has 0 aliphatic heterocycles. The lowest BCUT2D eigenvalue weighted by molar-refractivity contribution is -0.141. The Labute approximate surface area is 192 Å². The molecule has 1 aromatic carbocycles. The third kappa shape index (κ3) is 6.59. The molecule has 3 rings (SSSR count). The van der Waals surface area contributed by atoms with Crippen molar-refractivity contribution in [2.24, 2.45) is 0 Å². The Hall–Kier alpha value is -3.32. The average molecular weight is 451 g/mol. The first-order valence-corrected chi connectivity index (χ1v) is 11.7. The van der Waals surface area contributed by atoms with Crippen LogP contribution in [0.1, 0.15) is 24.0 Å². The number of carbonyl (C=O) groups excluding carboxylic acids is 1. The molecular formula is C25H26N2O4S. The molecule has 0 unspecified atom stereocenters. The number of rotatable bonds is 10. The van der Waals surface area contributed by atoms with Crippen LogP contribution in [0.15, 0.2) is 84.4 Å². The van der Waals surface area contributed by atoms with Crippen molar-refractivity contribution in [2.45, 2.75) is 25.5 Å². The third-order valence-electron chi connectivity index (χ3n) is 4.96. The normalized spacial score (nSPS) is 15.5. The van der Waals surface area contributed by atoms with Crippen LogP contribution >= 0.6 is 11.8 Å². The van der Waals surface area contributed by atoms with E-state index < -0.39 is 12.0 Å². The standard InChI is InChI=1S/C25H26N2O4S/c1-32-13-11-23(25(29)30)27-24(28)21-10-9-18(14-22(21)20-7-3-2-4-8-20)16-31-17-19-6-5-12-26-15-19/h2-10,12,15-16,23H,11,13-14,17H2,1H3,(H,27,28)(H,29,30)/t23-/m0/s1. The Morgan fingerprint density at radius 1 is 1.22 bits per heavy atom. The van der Waals surface area contributed by atoms with Gasteiger partial charge in [-0.3, -0.25) is 9.78 Å². The smallest absolute Gasteiger partial charge is 0.326 e. The van der Waals surface area contributed by atoms with Crippen molar-refractivity contribution in [2.75, 3.05) is 12.0 Å². The second-order valence-electron chi connectivity index (χ2n) is 7.28. The number of carbonyl (C=O) groups is 2. The summed E-state index contributed by atoms with van der Waals surface area (Å²) in [5.41, 5.74) is 4.09. The molecule has 1 amide bonds. The number of hydrogen-bond acceptors (Lipinski definition) is 5. The quantitative estimate of drug-likeness (QED) is 0.527. The number of aromatic nitrogens is 1. The highest BCUT2D eigenvalue weighted by atomic mass is 32.2. The van der Waals surface area contributed by atoms with Crippen LogP contribution in [0, 0.1) is 0 Å². The number of aliphatic carboxylic acids is 1. The number of carboxylic acids is 1. The van der Waals surface area contributed by atoms with E-state index in [1.807, 2.05) is 54.8 Å². The molecule has 0 bridgehead atoms. The summed E-state index contributed by atoms with van der Waals surface area (Å²) in [6, 6.07) is 12.5. The van der Waals surface area contributed by atoms with Crippen LogP contribution in [0.4, 0.5) is 0 Å². The van der Waals surface area contributed by atoms with E-state index in [1.165, 1.54) is 0 Å². The number of benzene rings is 1. The highest BCUT2D eigenvalue weighted by Crippen LogP contribution is 2.31. The highest BCUT2D eigenvalue weighted by Gasteiger charge is 2.24. The SMILES string of the molecule is CSCC[C@H](NC(=O)C1=C(c2ccccc2)CC(=COCc2cccnc2)C=C1)C(=O)O. The fourth-order valence-electron chi connectivity index (χ4n) is 3.30. The number of ether oxygens (including phenoxy) is 1. The topological polar surface area (TPSA) is 88.5 Å². The van der Waals surface area contributed by atoms with Gasteiger partial charge in [-0.25, -0.2) is 4.79 Å². The molecule has 7 heteroatoms. The number of pyridine rings is 1. The fraction of sp³-hybridized carbons (Fsp3) is 0.240. The van der Waals surface area contributed by atoms with Gasteiger partial charge in [-0.2, -0.15) is 11.8 Å². The van der Waals surface area contributed by atoms with Crippen LogP contribution in [-0.4, -0.2) is 40.0 Å². The van der Waals surface area contributed by atoms with Gasteiger partial charge in [0.2, 0.25) is 0 Å². The Bertz CT molecular complexity index is 1020. The van der Waals surface area contributed by atoms with Crippen molar-refractivity contribution in [1.82, 2.24) is 10.3 Å². The van der Waals surface area contributed by atoms with Crippen molar-refractivity contribution in [3.63, 3.8) is 0 Å². The molecule has 0 radical (unpaired) electrons. The van der Waals surface area contributed by atoms with Gasteiger partial charge in [-0.15, -0.1) is 0 Å². The molecule has 1 heterocycles. The van der Waals surface area contributed by atoms with Gasteiger partial charge >= 0.3 is 5.97 Å². The molecule has 0 spiro atoms. The van der Waals surface area contributed by atoms with Gasteiger partial charge in [0.1, 0.15) is 12.6 Å². The number of carboxylic acid groups (broad SMARTS) is 1. The molecule has 0 fully saturated rings. The summed E-state index contributed by atoms with van der Waals surface area (Å²) < 4.78 is 5.72. The second kappa shape index (κ2) is 11.9. The predicted octanol–water partition coefficient (Wildman–Crippen LogP) is 4.22. The summed E-state index contributed by atoms with van der Waals surface area (Å²) in [6.45, 7) is 0.401. The van der Waals surface area contributed by atoms with Crippen LogP contribution in [-0.2, 0) is 20.9 Å². The van der Waals surface area contributed by atoms with E-state index in [9.17, 15) is 14.7 Å². The van der Waals surface area contributed by atoms with Crippen molar-refractivity contribution in [3.05, 3.63) is 95.5 Å². The summed E-state index contributed by atoms with van der Waals surface area (Å²) in [7, 11) is 0. The van der Waals surface area contributed by atoms with E-state index in [0.717, 1.165) is 22.3 Å². The van der Waals surface area contributed by atoms with Gasteiger partial charge in [0.05, 0.1) is 6.26 Å². The summed E-state index contributed by atoms with van der Waals surface area (Å²) >= 11 is 1.55. The molecule has 0 saturated heterocycles. The minimum atomic E-state index is -1.03. The summed E-state index contributed by atoms with van der Waals surface area (Å²) in [4.78, 5) is 28.7. The predicted molar refractivity (Wildman–Crippen MR) is 127 cm³/mol. The van der Waals surface area contributed by atoms with Gasteiger partial charge in [0.15, 0.2) is 0 Å². The molecule has 32 heavy (non-hydrogen) atoms. The Kier molecular flexibility index (Phi) is 8.69. The minimum absolute atomic E-state index is 0.368. The summed E-state index contributed by atoms with van der Waals surface area (Å²) in [5, 5.41) is 12.2. The van der Waals surface area contributed by atoms with Crippen molar-refractivity contribution in [1.29, 1.82) is 0 Å². The van der Waals surface area contributed by atoms with Crippen LogP contribution in [0.5, 0.6) is 0 Å². The number of nitrogens with one attached hydrogen (secondary N) is 1. The Morgan fingerprint density at radius 2 is 2.03 bits per heavy atom. The number of hydrogen-bond donors (Lipinski definition) is 2. The van der Waals surface area contributed by atoms with Gasteiger partial charge in [0, 0.05) is 30.0 Å². The van der Waals surface area contributed by atoms with Gasteiger partial charge < -0.3 is 15.2 Å². The van der Waals surface area contributed by atoms with Crippen molar-refractivity contribution < 1.29 is 19.4 Å². The lowest BCUT2D eigenvalue weighted by Gasteiger charge is -2.20. The van der Waals surface area contributed by atoms with Crippen molar-refractivity contribution >= 4 is 29.2 Å². The monoisotopic (exact) mass is 450 g/mol. The van der Waals surface area contributed by atoms with E-state index in [1.54, 1.807) is 36.5 Å². The van der Waals surface area contributed by atoms with Crippen LogP contribution in [0.3, 0.4) is 0 Å². The molecule has 6 nitrogen and oxygen atoms in total. The zero-order chi connectivity index (χ0) is 22.8. The van der Waals surface area contributed by atoms with Crippen LogP contribution in [0.25, 0.3) is 5.57 Å². The summed E-state index contributed by atoms with van der Waals surface area (Å²) in [6.07, 6.45) is 11.5. The zero-order valence-electron chi connectivity index (χ0n) is 17.9. The molecule has 2 N–H and O–H groups in total. The lowest BCUT2D eigenvalue weighted by Crippen LogP contribution is -2.42. The van der Waals surface area contributed by atoms with Gasteiger partial charge in [-0.05, 0) is 47.3 Å². The number of thioether (sulfide) groups is 1. The minimum Gasteiger partial charge on any atom is -0.496 e. The Balaban J connectivity index is 1.79. The molecule has 1 aliphatic carbocycles. The molecule has 1 aromatic heterocycles. The van der Waals surface area contributed by atoms with E-state index in [-0.39, 0.29) is 5.91 Å². The van der Waals surface area contributed by atoms with Crippen LogP contribution in [0.2, 0.25) is 0 Å². The molecule has 0 saturated carbocycles. The number of amides is 1. The first-order valence-electron chi connectivity index (χ1n) is 10.3. The highest BCUT2D eigenvalue weighted by molar-refractivity contribution is 7.98. The first kappa shape index (κ1) is 23.3. The van der Waals surface area contributed by atoms with E-state index in [0.29, 0.717) is 30.8 Å². The van der Waals surface area contributed by atoms with Crippen LogP contribution < -0.4 is 5.32 Å². The molecular weight excluding hydrogens is 424 g/mol. The molecule has 1 atom stereocenters. The summed E-state index contributed by atoms with van der Waals surface area (Å²) in [5.74, 6) is -0.763. The zero-order valence-corrected chi connectivity index (χ0v) is 18.7. The maximum atomic E-state index is 13.0.